The van der Waals surface area contributed by atoms with Gasteiger partial charge in [-0.1, -0.05) is 12.1 Å². The van der Waals surface area contributed by atoms with Gasteiger partial charge in [-0.3, -0.25) is 9.59 Å². The van der Waals surface area contributed by atoms with Crippen molar-refractivity contribution >= 4 is 17.6 Å². The van der Waals surface area contributed by atoms with Crippen molar-refractivity contribution in [3.63, 3.8) is 0 Å². The number of carbonyl (C=O) groups excluding carboxylic acids is 1. The van der Waals surface area contributed by atoms with E-state index in [1.165, 1.54) is 12.1 Å². The van der Waals surface area contributed by atoms with E-state index in [-0.39, 0.29) is 18.0 Å². The molecule has 0 aromatic heterocycles. The van der Waals surface area contributed by atoms with Gasteiger partial charge in [0.05, 0.1) is 11.1 Å². The van der Waals surface area contributed by atoms with E-state index in [1.807, 2.05) is 4.90 Å². The number of rotatable bonds is 5. The van der Waals surface area contributed by atoms with Gasteiger partial charge in [-0.2, -0.15) is 0 Å². The summed E-state index contributed by atoms with van der Waals surface area (Å²) in [4.78, 5) is 24.9. The Bertz CT molecular complexity index is 549. The summed E-state index contributed by atoms with van der Waals surface area (Å²) in [5.74, 6) is -1.55. The maximum atomic E-state index is 13.4. The molecule has 0 aliphatic carbocycles. The molecule has 1 atom stereocenters. The predicted molar refractivity (Wildman–Crippen MR) is 76.4 cm³/mol. The number of aliphatic carboxylic acids is 1. The Morgan fingerprint density at radius 2 is 2.14 bits per heavy atom. The first-order valence-corrected chi connectivity index (χ1v) is 6.91. The lowest BCUT2D eigenvalue weighted by Gasteiger charge is -2.19. The molecule has 1 fully saturated rings. The van der Waals surface area contributed by atoms with E-state index >= 15 is 0 Å². The van der Waals surface area contributed by atoms with Crippen molar-refractivity contribution in [2.24, 2.45) is 5.41 Å². The number of carboxylic acids is 1. The van der Waals surface area contributed by atoms with Crippen LogP contribution >= 0.6 is 0 Å². The molecule has 2 rings (SSSR count). The topological polar surface area (TPSA) is 69.6 Å². The molecule has 0 radical (unpaired) electrons. The van der Waals surface area contributed by atoms with Crippen LogP contribution in [0.15, 0.2) is 24.3 Å². The summed E-state index contributed by atoms with van der Waals surface area (Å²) in [5.41, 5.74) is -0.568. The number of nitrogens with one attached hydrogen (secondary N) is 1. The molecule has 21 heavy (non-hydrogen) atoms. The smallest absolute Gasteiger partial charge is 0.310 e. The zero-order valence-corrected chi connectivity index (χ0v) is 11.9. The van der Waals surface area contributed by atoms with Crippen molar-refractivity contribution in [3.05, 3.63) is 30.1 Å². The molecule has 1 aromatic carbocycles. The normalized spacial score (nSPS) is 22.2. The number of amides is 1. The molecule has 1 unspecified atom stereocenters. The van der Waals surface area contributed by atoms with E-state index in [2.05, 4.69) is 5.32 Å². The number of halogens is 1. The van der Waals surface area contributed by atoms with E-state index in [9.17, 15) is 14.0 Å². The lowest BCUT2D eigenvalue weighted by Crippen LogP contribution is -2.33. The van der Waals surface area contributed by atoms with Crippen LogP contribution in [0.3, 0.4) is 0 Å². The van der Waals surface area contributed by atoms with Gasteiger partial charge in [0.2, 0.25) is 5.91 Å². The summed E-state index contributed by atoms with van der Waals surface area (Å²) in [6.45, 7) is 3.29. The summed E-state index contributed by atoms with van der Waals surface area (Å²) >= 11 is 0. The van der Waals surface area contributed by atoms with Crippen molar-refractivity contribution < 1.29 is 19.1 Å². The summed E-state index contributed by atoms with van der Waals surface area (Å²) in [6, 6.07) is 6.00. The first-order chi connectivity index (χ1) is 9.90. The molecule has 5 nitrogen and oxygen atoms in total. The third kappa shape index (κ3) is 3.78. The molecule has 114 valence electrons. The van der Waals surface area contributed by atoms with Gasteiger partial charge in [-0.05, 0) is 32.0 Å². The number of benzene rings is 1. The molecule has 2 N–H and O–H groups in total. The van der Waals surface area contributed by atoms with Crippen LogP contribution in [-0.4, -0.2) is 41.5 Å². The number of likely N-dealkylation sites (tertiary alicyclic amines) is 1. The number of hydrogen-bond acceptors (Lipinski definition) is 3. The fourth-order valence-corrected chi connectivity index (χ4v) is 2.46. The Kier molecular flexibility index (Phi) is 4.57. The molecule has 1 amide bonds. The molecule has 0 spiro atoms. The Balaban J connectivity index is 1.81. The van der Waals surface area contributed by atoms with Crippen molar-refractivity contribution in [2.75, 3.05) is 25.0 Å². The van der Waals surface area contributed by atoms with Crippen LogP contribution in [0.4, 0.5) is 10.1 Å². The number of carbonyl (C=O) groups is 2. The highest BCUT2D eigenvalue weighted by atomic mass is 19.1. The quantitative estimate of drug-likeness (QED) is 0.871. The van der Waals surface area contributed by atoms with Gasteiger partial charge in [0.1, 0.15) is 5.82 Å². The Hall–Kier alpha value is -1.95. The van der Waals surface area contributed by atoms with Crippen molar-refractivity contribution in [3.8, 4) is 0 Å². The van der Waals surface area contributed by atoms with E-state index < -0.39 is 17.2 Å². The zero-order chi connectivity index (χ0) is 15.5. The van der Waals surface area contributed by atoms with Crippen molar-refractivity contribution in [2.45, 2.75) is 19.8 Å². The minimum absolute atomic E-state index is 0.166. The first-order valence-electron chi connectivity index (χ1n) is 6.91. The maximum Gasteiger partial charge on any atom is 0.310 e. The Labute approximate surface area is 122 Å². The van der Waals surface area contributed by atoms with Gasteiger partial charge >= 0.3 is 5.97 Å². The highest BCUT2D eigenvalue weighted by Crippen LogP contribution is 2.30. The maximum absolute atomic E-state index is 13.4. The molecule has 1 aliphatic rings. The molecule has 1 saturated heterocycles. The average Bonchev–Trinajstić information content (AvgIpc) is 2.82. The summed E-state index contributed by atoms with van der Waals surface area (Å²) in [5, 5.41) is 11.7. The van der Waals surface area contributed by atoms with Crippen molar-refractivity contribution in [1.82, 2.24) is 4.90 Å². The summed E-state index contributed by atoms with van der Waals surface area (Å²) < 4.78 is 13.4. The molecule has 1 aromatic rings. The van der Waals surface area contributed by atoms with E-state index in [0.717, 1.165) is 0 Å². The minimum Gasteiger partial charge on any atom is -0.481 e. The molecular formula is C15H19FN2O3. The first kappa shape index (κ1) is 15.4. The molecule has 6 heteroatoms. The third-order valence-electron chi connectivity index (χ3n) is 3.87. The van der Waals surface area contributed by atoms with Crippen LogP contribution in [0, 0.1) is 11.2 Å². The van der Waals surface area contributed by atoms with Crippen LogP contribution in [0.1, 0.15) is 19.8 Å². The SMILES string of the molecule is CC1(C(=O)O)CCN(CCC(=O)Nc2ccccc2F)C1. The van der Waals surface area contributed by atoms with Gasteiger partial charge in [0, 0.05) is 19.5 Å². The highest BCUT2D eigenvalue weighted by molar-refractivity contribution is 5.90. The van der Waals surface area contributed by atoms with Gasteiger partial charge in [0.15, 0.2) is 0 Å². The van der Waals surface area contributed by atoms with E-state index in [1.54, 1.807) is 19.1 Å². The Morgan fingerprint density at radius 1 is 1.43 bits per heavy atom. The minimum atomic E-state index is -0.805. The van der Waals surface area contributed by atoms with E-state index in [0.29, 0.717) is 26.1 Å². The monoisotopic (exact) mass is 294 g/mol. The second-order valence-electron chi connectivity index (χ2n) is 5.67. The van der Waals surface area contributed by atoms with Crippen LogP contribution in [0.5, 0.6) is 0 Å². The lowest BCUT2D eigenvalue weighted by molar-refractivity contribution is -0.147. The number of nitrogens with zero attached hydrogens (tertiary/aromatic N) is 1. The third-order valence-corrected chi connectivity index (χ3v) is 3.87. The molecule has 0 saturated carbocycles. The average molecular weight is 294 g/mol. The number of carboxylic acid groups (broad SMARTS) is 1. The zero-order valence-electron chi connectivity index (χ0n) is 11.9. The number of para-hydroxylation sites is 1. The number of anilines is 1. The fourth-order valence-electron chi connectivity index (χ4n) is 2.46. The molecule has 1 aliphatic heterocycles. The largest absolute Gasteiger partial charge is 0.481 e. The van der Waals surface area contributed by atoms with Gasteiger partial charge < -0.3 is 15.3 Å². The number of hydrogen-bond donors (Lipinski definition) is 2. The van der Waals surface area contributed by atoms with Crippen LogP contribution in [0.2, 0.25) is 0 Å². The predicted octanol–water partition coefficient (Wildman–Crippen LogP) is 1.95. The lowest BCUT2D eigenvalue weighted by atomic mass is 9.90. The second-order valence-corrected chi connectivity index (χ2v) is 5.67. The van der Waals surface area contributed by atoms with Crippen LogP contribution in [-0.2, 0) is 9.59 Å². The Morgan fingerprint density at radius 3 is 2.76 bits per heavy atom. The second kappa shape index (κ2) is 6.22. The standard InChI is InChI=1S/C15H19FN2O3/c1-15(14(20)21)7-9-18(10-15)8-6-13(19)17-12-5-3-2-4-11(12)16/h2-5H,6-10H2,1H3,(H,17,19)(H,20,21). The summed E-state index contributed by atoms with van der Waals surface area (Å²) in [7, 11) is 0. The van der Waals surface area contributed by atoms with Gasteiger partial charge in [-0.15, -0.1) is 0 Å². The fraction of sp³-hybridized carbons (Fsp3) is 0.467. The molecule has 1 heterocycles. The van der Waals surface area contributed by atoms with Crippen LogP contribution in [0.25, 0.3) is 0 Å². The van der Waals surface area contributed by atoms with Gasteiger partial charge in [-0.25, -0.2) is 4.39 Å². The van der Waals surface area contributed by atoms with Crippen LogP contribution < -0.4 is 5.32 Å². The summed E-state index contributed by atoms with van der Waals surface area (Å²) in [6.07, 6.45) is 0.793. The van der Waals surface area contributed by atoms with E-state index in [4.69, 9.17) is 5.11 Å². The van der Waals surface area contributed by atoms with Crippen molar-refractivity contribution in [1.29, 1.82) is 0 Å². The molecular weight excluding hydrogens is 275 g/mol. The van der Waals surface area contributed by atoms with Gasteiger partial charge in [0.25, 0.3) is 0 Å². The highest BCUT2D eigenvalue weighted by Gasteiger charge is 2.40. The molecule has 0 bridgehead atoms.